The third kappa shape index (κ3) is 9.75. The Kier molecular flexibility index (Phi) is 13.1. The Morgan fingerprint density at radius 2 is 1.02 bits per heavy atom. The molecule has 298 valence electrons. The van der Waals surface area contributed by atoms with Crippen molar-refractivity contribution in [2.45, 2.75) is 32.6 Å². The van der Waals surface area contributed by atoms with E-state index in [0.29, 0.717) is 5.56 Å². The summed E-state index contributed by atoms with van der Waals surface area (Å²) in [4.78, 5) is 13.7. The largest absolute Gasteiger partial charge is 3.00 e. The van der Waals surface area contributed by atoms with E-state index in [4.69, 9.17) is 4.98 Å². The summed E-state index contributed by atoms with van der Waals surface area (Å²) < 4.78 is 0. The molecule has 0 fully saturated rings. The smallest absolute Gasteiger partial charge is 0.305 e. The van der Waals surface area contributed by atoms with Gasteiger partial charge in [-0.2, -0.15) is 5.26 Å². The van der Waals surface area contributed by atoms with Crippen molar-refractivity contribution in [3.05, 3.63) is 234 Å². The van der Waals surface area contributed by atoms with Crippen LogP contribution in [0.25, 0.3) is 67.2 Å². The van der Waals surface area contributed by atoms with Crippen molar-refractivity contribution in [2.24, 2.45) is 0 Å². The topological polar surface area (TPSA) is 62.5 Å². The minimum absolute atomic E-state index is 0. The fourth-order valence-electron chi connectivity index (χ4n) is 7.79. The quantitative estimate of drug-likeness (QED) is 0.114. The van der Waals surface area contributed by atoms with E-state index in [1.165, 1.54) is 27.8 Å². The summed E-state index contributed by atoms with van der Waals surface area (Å²) in [6.45, 7) is 2.04. The van der Waals surface area contributed by atoms with Gasteiger partial charge in [0.25, 0.3) is 0 Å². The molecule has 0 unspecified atom stereocenters. The number of hydrogen-bond acceptors (Lipinski definition) is 4. The summed E-state index contributed by atoms with van der Waals surface area (Å²) >= 11 is 0. The molecule has 6 aromatic carbocycles. The summed E-state index contributed by atoms with van der Waals surface area (Å²) in [6, 6.07) is 69.6. The Morgan fingerprint density at radius 3 is 1.55 bits per heavy atom. The summed E-state index contributed by atoms with van der Waals surface area (Å²) in [6.07, 6.45) is 9.07. The second-order valence-electron chi connectivity index (χ2n) is 15.3. The first-order valence-electron chi connectivity index (χ1n) is 20.6. The molecule has 0 N–H and O–H groups in total. The van der Waals surface area contributed by atoms with E-state index in [1.807, 2.05) is 92.2 Å². The van der Waals surface area contributed by atoms with E-state index in [1.54, 1.807) is 0 Å². The maximum Gasteiger partial charge on any atom is 3.00 e. The molecule has 0 aliphatic heterocycles. The van der Waals surface area contributed by atoms with Crippen LogP contribution in [0, 0.1) is 36.5 Å². The first-order valence-corrected chi connectivity index (χ1v) is 20.6. The van der Waals surface area contributed by atoms with Crippen LogP contribution < -0.4 is 0 Å². The van der Waals surface area contributed by atoms with Crippen LogP contribution in [0.3, 0.4) is 0 Å². The van der Waals surface area contributed by atoms with Gasteiger partial charge >= 0.3 is 20.1 Å². The third-order valence-corrected chi connectivity index (χ3v) is 11.1. The molecule has 3 heterocycles. The molecule has 0 radical (unpaired) electrons. The molecule has 0 bridgehead atoms. The maximum absolute atomic E-state index is 9.60. The number of aromatic nitrogens is 3. The number of hydrogen-bond donors (Lipinski definition) is 0. The van der Waals surface area contributed by atoms with Gasteiger partial charge in [0.1, 0.15) is 0 Å². The number of benzene rings is 6. The zero-order chi connectivity index (χ0) is 41.4. The summed E-state index contributed by atoms with van der Waals surface area (Å²) in [7, 11) is 0. The fraction of sp³-hybridized carbons (Fsp3) is 0.0877. The normalized spacial score (nSPS) is 10.8. The molecule has 0 amide bonds. The minimum atomic E-state index is 0. The summed E-state index contributed by atoms with van der Waals surface area (Å²) in [5.41, 5.74) is 19.0. The van der Waals surface area contributed by atoms with Gasteiger partial charge in [-0.25, -0.2) is 0 Å². The Labute approximate surface area is 378 Å². The Hall–Kier alpha value is -7.09. The Bertz CT molecular complexity index is 2830. The van der Waals surface area contributed by atoms with Crippen LogP contribution in [-0.2, 0) is 45.8 Å². The standard InChI is InChI=1S/C57H41N4.Ir/c1-40-12-31-57(61-39-40)49-29-30-53(54(37-49)46-23-21-43(38-58)22-24-46)52-9-3-2-8-51(52)50-35-44(15-13-41-17-25-47(26-18-41)55-10-4-6-32-59-55)34-45(36-50)16-14-42-19-27-48(28-20-42)56-11-5-7-33-60-56;/h2-12,17-25,27,30-37,39H,13-16H2,1H3;/q-3;+3. The van der Waals surface area contributed by atoms with Crippen LogP contribution in [0.2, 0.25) is 0 Å². The predicted octanol–water partition coefficient (Wildman–Crippen LogP) is 13.0. The number of rotatable bonds is 12. The summed E-state index contributed by atoms with van der Waals surface area (Å²) in [5.74, 6) is 0. The van der Waals surface area contributed by atoms with Gasteiger partial charge in [0.15, 0.2) is 0 Å². The van der Waals surface area contributed by atoms with Gasteiger partial charge in [-0.3, -0.25) is 0 Å². The van der Waals surface area contributed by atoms with E-state index in [-0.39, 0.29) is 20.1 Å². The minimum Gasteiger partial charge on any atom is -0.305 e. The zero-order valence-electron chi connectivity index (χ0n) is 34.3. The molecule has 9 rings (SSSR count). The van der Waals surface area contributed by atoms with Gasteiger partial charge in [0, 0.05) is 18.6 Å². The SMILES string of the molecule is Cc1ccc(-c2[c-]cc(-c3ccccc3-c3cc(CCc4c[c-]c(-c5ccccn5)cc4)cc(CCc4c[c-]c(-c5ccccn5)cc4)c3)c(-c3ccc(C#N)cc3)c2)nc1.[Ir+3]. The van der Waals surface area contributed by atoms with Gasteiger partial charge < -0.3 is 15.0 Å². The maximum atomic E-state index is 9.60. The molecular formula is C57H41IrN4. The first kappa shape index (κ1) is 41.6. The van der Waals surface area contributed by atoms with Crippen molar-refractivity contribution in [1.82, 2.24) is 15.0 Å². The third-order valence-electron chi connectivity index (χ3n) is 11.1. The number of aryl methyl sites for hydroxylation is 5. The van der Waals surface area contributed by atoms with Gasteiger partial charge in [0.05, 0.1) is 11.6 Å². The molecular weight excluding hydrogens is 933 g/mol. The molecule has 5 heteroatoms. The van der Waals surface area contributed by atoms with E-state index in [0.717, 1.165) is 92.8 Å². The molecule has 9 aromatic rings. The second-order valence-corrected chi connectivity index (χ2v) is 15.3. The second kappa shape index (κ2) is 19.5. The molecule has 0 aliphatic carbocycles. The van der Waals surface area contributed by atoms with Crippen molar-refractivity contribution in [3.8, 4) is 73.2 Å². The Balaban J connectivity index is 0.00000529. The van der Waals surface area contributed by atoms with Crippen LogP contribution >= 0.6 is 0 Å². The summed E-state index contributed by atoms with van der Waals surface area (Å²) in [5, 5.41) is 9.60. The van der Waals surface area contributed by atoms with E-state index in [9.17, 15) is 5.26 Å². The average molecular weight is 974 g/mol. The van der Waals surface area contributed by atoms with Gasteiger partial charge in [-0.15, -0.1) is 94.5 Å². The van der Waals surface area contributed by atoms with E-state index < -0.39 is 0 Å². The van der Waals surface area contributed by atoms with Crippen molar-refractivity contribution in [2.75, 3.05) is 0 Å². The van der Waals surface area contributed by atoms with Crippen LogP contribution in [-0.4, -0.2) is 15.0 Å². The van der Waals surface area contributed by atoms with Crippen LogP contribution in [0.4, 0.5) is 0 Å². The van der Waals surface area contributed by atoms with Crippen molar-refractivity contribution in [3.63, 3.8) is 0 Å². The van der Waals surface area contributed by atoms with Crippen LogP contribution in [0.1, 0.15) is 33.4 Å². The monoisotopic (exact) mass is 974 g/mol. The fourth-order valence-corrected chi connectivity index (χ4v) is 7.79. The predicted molar refractivity (Wildman–Crippen MR) is 246 cm³/mol. The molecule has 0 aliphatic rings. The van der Waals surface area contributed by atoms with Crippen molar-refractivity contribution >= 4 is 0 Å². The van der Waals surface area contributed by atoms with Gasteiger partial charge in [0.2, 0.25) is 0 Å². The molecule has 0 saturated heterocycles. The van der Waals surface area contributed by atoms with Crippen molar-refractivity contribution in [1.29, 1.82) is 5.26 Å². The molecule has 3 aromatic heterocycles. The molecule has 62 heavy (non-hydrogen) atoms. The number of nitrogens with zero attached hydrogens (tertiary/aromatic N) is 4. The van der Waals surface area contributed by atoms with Gasteiger partial charge in [-0.05, 0) is 94.5 Å². The molecule has 0 saturated carbocycles. The Morgan fingerprint density at radius 1 is 0.452 bits per heavy atom. The van der Waals surface area contributed by atoms with E-state index in [2.05, 4.69) is 131 Å². The van der Waals surface area contributed by atoms with Gasteiger partial charge in [-0.1, -0.05) is 121 Å². The number of nitriles is 1. The van der Waals surface area contributed by atoms with Crippen molar-refractivity contribution < 1.29 is 20.1 Å². The van der Waals surface area contributed by atoms with E-state index >= 15 is 0 Å². The molecule has 0 atom stereocenters. The molecule has 4 nitrogen and oxygen atoms in total. The van der Waals surface area contributed by atoms with Crippen LogP contribution in [0.15, 0.2) is 182 Å². The average Bonchev–Trinajstić information content (AvgIpc) is 3.33. The zero-order valence-corrected chi connectivity index (χ0v) is 36.7. The van der Waals surface area contributed by atoms with Crippen LogP contribution in [0.5, 0.6) is 0 Å². The number of pyridine rings is 3. The molecule has 0 spiro atoms. The first-order chi connectivity index (χ1) is 30.1.